The maximum atomic E-state index is 12.4. The Morgan fingerprint density at radius 1 is 1.00 bits per heavy atom. The molecule has 0 fully saturated rings. The summed E-state index contributed by atoms with van der Waals surface area (Å²) in [6.45, 7) is 4.29. The van der Waals surface area contributed by atoms with Gasteiger partial charge in [0.25, 0.3) is 0 Å². The summed E-state index contributed by atoms with van der Waals surface area (Å²) in [7, 11) is -3.35. The quantitative estimate of drug-likeness (QED) is 0.679. The lowest BCUT2D eigenvalue weighted by Gasteiger charge is -2.11. The first-order valence-electron chi connectivity index (χ1n) is 8.59. The van der Waals surface area contributed by atoms with E-state index in [4.69, 9.17) is 5.73 Å². The third-order valence-corrected chi connectivity index (χ3v) is 6.14. The summed E-state index contributed by atoms with van der Waals surface area (Å²) in [4.78, 5) is 8.79. The zero-order valence-corrected chi connectivity index (χ0v) is 16.1. The molecule has 0 spiro atoms. The molecule has 1 heterocycles. The molecule has 0 saturated carbocycles. The van der Waals surface area contributed by atoms with Crippen molar-refractivity contribution in [2.24, 2.45) is 0 Å². The van der Waals surface area contributed by atoms with E-state index in [-0.39, 0.29) is 18.2 Å². The highest BCUT2D eigenvalue weighted by Crippen LogP contribution is 2.26. The summed E-state index contributed by atoms with van der Waals surface area (Å²) >= 11 is 0. The fourth-order valence-corrected chi connectivity index (χ4v) is 3.96. The topological polar surface area (TPSA) is 98.0 Å². The van der Waals surface area contributed by atoms with Crippen LogP contribution in [0.2, 0.25) is 0 Å². The Balaban J connectivity index is 1.77. The van der Waals surface area contributed by atoms with Gasteiger partial charge in [0.05, 0.1) is 16.3 Å². The first kappa shape index (κ1) is 18.8. The van der Waals surface area contributed by atoms with Gasteiger partial charge in [-0.1, -0.05) is 36.4 Å². The van der Waals surface area contributed by atoms with Crippen molar-refractivity contribution in [3.05, 3.63) is 65.7 Å². The van der Waals surface area contributed by atoms with Crippen molar-refractivity contribution < 1.29 is 8.42 Å². The minimum absolute atomic E-state index is 0.0419. The average molecular weight is 382 g/mol. The van der Waals surface area contributed by atoms with Gasteiger partial charge >= 0.3 is 0 Å². The van der Waals surface area contributed by atoms with Crippen molar-refractivity contribution >= 4 is 21.6 Å². The zero-order valence-electron chi connectivity index (χ0n) is 15.3. The van der Waals surface area contributed by atoms with Gasteiger partial charge in [0, 0.05) is 18.2 Å². The number of hydrogen-bond acceptors (Lipinski definition) is 6. The molecule has 3 N–H and O–H groups in total. The molecular weight excluding hydrogens is 360 g/mol. The third-order valence-electron chi connectivity index (χ3n) is 4.40. The van der Waals surface area contributed by atoms with Crippen molar-refractivity contribution in [2.75, 3.05) is 23.3 Å². The zero-order chi connectivity index (χ0) is 19.4. The molecule has 27 heavy (non-hydrogen) atoms. The molecule has 0 aliphatic rings. The Labute approximate surface area is 159 Å². The largest absolute Gasteiger partial charge is 0.369 e. The van der Waals surface area contributed by atoms with E-state index in [1.165, 1.54) is 0 Å². The second kappa shape index (κ2) is 7.75. The van der Waals surface area contributed by atoms with Crippen LogP contribution in [0.25, 0.3) is 11.3 Å². The molecule has 3 aromatic rings. The van der Waals surface area contributed by atoms with Crippen LogP contribution < -0.4 is 11.1 Å². The van der Waals surface area contributed by atoms with Crippen molar-refractivity contribution in [2.45, 2.75) is 18.7 Å². The van der Waals surface area contributed by atoms with E-state index in [0.717, 1.165) is 16.7 Å². The molecule has 0 bridgehead atoms. The van der Waals surface area contributed by atoms with Crippen LogP contribution in [0.3, 0.4) is 0 Å². The Morgan fingerprint density at radius 2 is 1.74 bits per heavy atom. The summed E-state index contributed by atoms with van der Waals surface area (Å²) in [6, 6.07) is 16.2. The number of nitrogens with two attached hydrogens (primary N) is 1. The van der Waals surface area contributed by atoms with Gasteiger partial charge in [-0.3, -0.25) is 0 Å². The van der Waals surface area contributed by atoms with E-state index < -0.39 is 9.84 Å². The normalized spacial score (nSPS) is 11.3. The molecule has 0 unspecified atom stereocenters. The number of sulfone groups is 1. The first-order valence-corrected chi connectivity index (χ1v) is 10.2. The summed E-state index contributed by atoms with van der Waals surface area (Å²) in [6.07, 6.45) is 0. The van der Waals surface area contributed by atoms with Crippen LogP contribution in [-0.4, -0.2) is 30.7 Å². The minimum Gasteiger partial charge on any atom is -0.369 e. The molecule has 0 atom stereocenters. The van der Waals surface area contributed by atoms with E-state index in [0.29, 0.717) is 16.4 Å². The number of nitrogens with one attached hydrogen (secondary N) is 1. The molecule has 0 amide bonds. The van der Waals surface area contributed by atoms with Crippen molar-refractivity contribution in [3.63, 3.8) is 0 Å². The number of aromatic nitrogens is 2. The van der Waals surface area contributed by atoms with Crippen LogP contribution in [0.1, 0.15) is 11.1 Å². The lowest BCUT2D eigenvalue weighted by molar-refractivity contribution is 0.596. The maximum Gasteiger partial charge on any atom is 0.222 e. The number of nitrogen functional groups attached to an aromatic ring is 1. The Morgan fingerprint density at radius 3 is 2.48 bits per heavy atom. The number of anilines is 2. The van der Waals surface area contributed by atoms with Gasteiger partial charge in [-0.25, -0.2) is 13.4 Å². The minimum atomic E-state index is -3.35. The SMILES string of the molecule is Cc1cccc(-c2cc(NCCS(=O)(=O)c3ccccc3)nc(N)n2)c1C. The molecule has 3 rings (SSSR count). The van der Waals surface area contributed by atoms with E-state index in [1.807, 2.05) is 32.0 Å². The number of aryl methyl sites for hydroxylation is 1. The lowest BCUT2D eigenvalue weighted by Crippen LogP contribution is -2.17. The molecular formula is C20H22N4O2S. The average Bonchev–Trinajstić information content (AvgIpc) is 2.64. The van der Waals surface area contributed by atoms with E-state index in [9.17, 15) is 8.42 Å². The van der Waals surface area contributed by atoms with Crippen LogP contribution >= 0.6 is 0 Å². The fraction of sp³-hybridized carbons (Fsp3) is 0.200. The molecule has 0 saturated heterocycles. The monoisotopic (exact) mass is 382 g/mol. The summed E-state index contributed by atoms with van der Waals surface area (Å²) in [5, 5.41) is 3.05. The molecule has 6 nitrogen and oxygen atoms in total. The molecule has 0 aliphatic heterocycles. The lowest BCUT2D eigenvalue weighted by atomic mass is 10.0. The standard InChI is InChI=1S/C20H22N4O2S/c1-14-7-6-10-17(15(14)2)18-13-19(24-20(21)23-18)22-11-12-27(25,26)16-8-4-3-5-9-16/h3-10,13H,11-12H2,1-2H3,(H3,21,22,23,24). The highest BCUT2D eigenvalue weighted by atomic mass is 32.2. The molecule has 1 aromatic heterocycles. The fourth-order valence-electron chi connectivity index (χ4n) is 2.78. The third kappa shape index (κ3) is 4.43. The van der Waals surface area contributed by atoms with Crippen molar-refractivity contribution in [3.8, 4) is 11.3 Å². The van der Waals surface area contributed by atoms with Gasteiger partial charge in [-0.2, -0.15) is 4.98 Å². The predicted octanol–water partition coefficient (Wildman–Crippen LogP) is 3.23. The van der Waals surface area contributed by atoms with Crippen LogP contribution in [0.15, 0.2) is 59.5 Å². The van der Waals surface area contributed by atoms with E-state index in [2.05, 4.69) is 15.3 Å². The highest BCUT2D eigenvalue weighted by Gasteiger charge is 2.14. The van der Waals surface area contributed by atoms with Crippen molar-refractivity contribution in [1.82, 2.24) is 9.97 Å². The Hall–Kier alpha value is -2.93. The van der Waals surface area contributed by atoms with Gasteiger partial charge in [-0.05, 0) is 37.1 Å². The number of benzene rings is 2. The van der Waals surface area contributed by atoms with E-state index in [1.54, 1.807) is 36.4 Å². The highest BCUT2D eigenvalue weighted by molar-refractivity contribution is 7.91. The molecule has 7 heteroatoms. The second-order valence-corrected chi connectivity index (χ2v) is 8.41. The molecule has 140 valence electrons. The summed E-state index contributed by atoms with van der Waals surface area (Å²) < 4.78 is 24.7. The Bertz CT molecular complexity index is 1050. The molecule has 2 aromatic carbocycles. The summed E-state index contributed by atoms with van der Waals surface area (Å²) in [5.41, 5.74) is 9.81. The molecule has 0 aliphatic carbocycles. The van der Waals surface area contributed by atoms with Crippen LogP contribution in [0.5, 0.6) is 0 Å². The van der Waals surface area contributed by atoms with Crippen molar-refractivity contribution in [1.29, 1.82) is 0 Å². The number of hydrogen-bond donors (Lipinski definition) is 2. The van der Waals surface area contributed by atoms with Gasteiger partial charge in [0.2, 0.25) is 5.95 Å². The smallest absolute Gasteiger partial charge is 0.222 e. The van der Waals surface area contributed by atoms with Crippen LogP contribution in [0.4, 0.5) is 11.8 Å². The second-order valence-electron chi connectivity index (χ2n) is 6.30. The number of rotatable bonds is 6. The van der Waals surface area contributed by atoms with Gasteiger partial charge in [0.1, 0.15) is 5.82 Å². The first-order chi connectivity index (χ1) is 12.9. The van der Waals surface area contributed by atoms with Crippen LogP contribution in [0, 0.1) is 13.8 Å². The molecule has 0 radical (unpaired) electrons. The van der Waals surface area contributed by atoms with Gasteiger partial charge < -0.3 is 11.1 Å². The van der Waals surface area contributed by atoms with E-state index >= 15 is 0 Å². The van der Waals surface area contributed by atoms with Gasteiger partial charge in [0.15, 0.2) is 9.84 Å². The maximum absolute atomic E-state index is 12.4. The number of nitrogens with zero attached hydrogens (tertiary/aromatic N) is 2. The Kier molecular flexibility index (Phi) is 5.41. The summed E-state index contributed by atoms with van der Waals surface area (Å²) in [5.74, 6) is 0.600. The van der Waals surface area contributed by atoms with Gasteiger partial charge in [-0.15, -0.1) is 0 Å². The van der Waals surface area contributed by atoms with Crippen LogP contribution in [-0.2, 0) is 9.84 Å². The predicted molar refractivity (Wildman–Crippen MR) is 108 cm³/mol.